The van der Waals surface area contributed by atoms with Crippen molar-refractivity contribution in [2.75, 3.05) is 0 Å². The standard InChI is InChI=1S/C26H30O6/c1-15-20(11-10-19-12-18(27)13-22(28)30-19)24-21(14-26(3,4)32-24)16(2)23(15)31-25(29)17-8-6-5-7-9-17/h5-9,18-19,27H,10-14H2,1-4H3. The van der Waals surface area contributed by atoms with Crippen LogP contribution in [0.25, 0.3) is 0 Å². The van der Waals surface area contributed by atoms with Crippen LogP contribution in [0.3, 0.4) is 0 Å². The Labute approximate surface area is 188 Å². The maximum atomic E-state index is 12.8. The molecule has 2 heterocycles. The number of ether oxygens (including phenoxy) is 3. The average Bonchev–Trinajstić information content (AvgIpc) is 3.06. The molecule has 2 aliphatic heterocycles. The fourth-order valence-electron chi connectivity index (χ4n) is 4.68. The van der Waals surface area contributed by atoms with Gasteiger partial charge in [0.2, 0.25) is 0 Å². The zero-order valence-corrected chi connectivity index (χ0v) is 19.1. The van der Waals surface area contributed by atoms with Crippen LogP contribution >= 0.6 is 0 Å². The Morgan fingerprint density at radius 1 is 1.19 bits per heavy atom. The van der Waals surface area contributed by atoms with E-state index < -0.39 is 12.1 Å². The quantitative estimate of drug-likeness (QED) is 0.556. The first kappa shape index (κ1) is 22.3. The fraction of sp³-hybridized carbons (Fsp3) is 0.462. The molecule has 0 radical (unpaired) electrons. The minimum Gasteiger partial charge on any atom is -0.487 e. The zero-order valence-electron chi connectivity index (χ0n) is 19.1. The summed E-state index contributed by atoms with van der Waals surface area (Å²) in [6.07, 6.45) is 1.35. The molecule has 32 heavy (non-hydrogen) atoms. The summed E-state index contributed by atoms with van der Waals surface area (Å²) in [4.78, 5) is 24.5. The summed E-state index contributed by atoms with van der Waals surface area (Å²) in [6.45, 7) is 7.99. The molecule has 0 aromatic heterocycles. The van der Waals surface area contributed by atoms with E-state index in [9.17, 15) is 14.7 Å². The molecular weight excluding hydrogens is 408 g/mol. The Bertz CT molecular complexity index is 1040. The van der Waals surface area contributed by atoms with Gasteiger partial charge in [0.05, 0.1) is 18.1 Å². The molecule has 1 fully saturated rings. The van der Waals surface area contributed by atoms with Crippen molar-refractivity contribution in [3.05, 3.63) is 58.1 Å². The van der Waals surface area contributed by atoms with Crippen molar-refractivity contribution in [2.24, 2.45) is 0 Å². The number of aliphatic hydroxyl groups excluding tert-OH is 1. The van der Waals surface area contributed by atoms with Gasteiger partial charge in [-0.05, 0) is 63.8 Å². The summed E-state index contributed by atoms with van der Waals surface area (Å²) >= 11 is 0. The van der Waals surface area contributed by atoms with E-state index >= 15 is 0 Å². The number of carbonyl (C=O) groups is 2. The number of fused-ring (bicyclic) bond motifs is 1. The first-order valence-corrected chi connectivity index (χ1v) is 11.1. The van der Waals surface area contributed by atoms with Gasteiger partial charge < -0.3 is 19.3 Å². The lowest BCUT2D eigenvalue weighted by molar-refractivity contribution is -0.160. The van der Waals surface area contributed by atoms with Gasteiger partial charge in [-0.25, -0.2) is 4.79 Å². The third-order valence-corrected chi connectivity index (χ3v) is 6.27. The van der Waals surface area contributed by atoms with Crippen molar-refractivity contribution < 1.29 is 28.9 Å². The molecule has 6 nitrogen and oxygen atoms in total. The summed E-state index contributed by atoms with van der Waals surface area (Å²) in [6, 6.07) is 8.93. The Hall–Kier alpha value is -2.86. The second kappa shape index (κ2) is 8.58. The van der Waals surface area contributed by atoms with Gasteiger partial charge in [0, 0.05) is 24.0 Å². The van der Waals surface area contributed by atoms with E-state index in [1.165, 1.54) is 0 Å². The van der Waals surface area contributed by atoms with Crippen molar-refractivity contribution in [1.29, 1.82) is 0 Å². The third-order valence-electron chi connectivity index (χ3n) is 6.27. The molecule has 4 rings (SSSR count). The van der Waals surface area contributed by atoms with Crippen molar-refractivity contribution in [1.82, 2.24) is 0 Å². The van der Waals surface area contributed by atoms with Gasteiger partial charge in [-0.15, -0.1) is 0 Å². The molecule has 0 saturated carbocycles. The van der Waals surface area contributed by atoms with Crippen LogP contribution in [0, 0.1) is 13.8 Å². The van der Waals surface area contributed by atoms with E-state index in [0.717, 1.165) is 28.0 Å². The lowest BCUT2D eigenvalue weighted by Gasteiger charge is -2.27. The maximum absolute atomic E-state index is 12.8. The highest BCUT2D eigenvalue weighted by Gasteiger charge is 2.36. The van der Waals surface area contributed by atoms with Crippen LogP contribution in [-0.2, 0) is 22.4 Å². The molecule has 2 aromatic carbocycles. The van der Waals surface area contributed by atoms with Crippen LogP contribution in [0.2, 0.25) is 0 Å². The molecule has 0 amide bonds. The highest BCUT2D eigenvalue weighted by Crippen LogP contribution is 2.46. The van der Waals surface area contributed by atoms with Gasteiger partial charge in [-0.2, -0.15) is 0 Å². The van der Waals surface area contributed by atoms with E-state index in [2.05, 4.69) is 0 Å². The monoisotopic (exact) mass is 438 g/mol. The van der Waals surface area contributed by atoms with E-state index in [4.69, 9.17) is 14.2 Å². The number of rotatable bonds is 5. The summed E-state index contributed by atoms with van der Waals surface area (Å²) in [5, 5.41) is 9.93. The van der Waals surface area contributed by atoms with Gasteiger partial charge in [-0.3, -0.25) is 4.79 Å². The highest BCUT2D eigenvalue weighted by molar-refractivity contribution is 5.91. The van der Waals surface area contributed by atoms with E-state index in [0.29, 0.717) is 37.0 Å². The molecule has 0 aliphatic carbocycles. The van der Waals surface area contributed by atoms with Crippen LogP contribution in [0.15, 0.2) is 30.3 Å². The van der Waals surface area contributed by atoms with Gasteiger partial charge in [-0.1, -0.05) is 18.2 Å². The SMILES string of the molecule is Cc1c(CCC2CC(O)CC(=O)O2)c2c(c(C)c1OC(=O)c1ccccc1)CC(C)(C)O2. The molecule has 2 atom stereocenters. The minimum atomic E-state index is -0.663. The Kier molecular flexibility index (Phi) is 5.99. The number of hydrogen-bond donors (Lipinski definition) is 1. The molecule has 2 aliphatic rings. The number of benzene rings is 2. The topological polar surface area (TPSA) is 82.1 Å². The van der Waals surface area contributed by atoms with Gasteiger partial charge in [0.25, 0.3) is 0 Å². The number of carbonyl (C=O) groups excluding carboxylic acids is 2. The lowest BCUT2D eigenvalue weighted by Crippen LogP contribution is -2.32. The molecule has 2 unspecified atom stereocenters. The van der Waals surface area contributed by atoms with Crippen molar-refractivity contribution in [3.63, 3.8) is 0 Å². The van der Waals surface area contributed by atoms with Crippen molar-refractivity contribution in [2.45, 2.75) is 77.6 Å². The fourth-order valence-corrected chi connectivity index (χ4v) is 4.68. The second-order valence-electron chi connectivity index (χ2n) is 9.40. The summed E-state index contributed by atoms with van der Waals surface area (Å²) < 4.78 is 17.6. The third kappa shape index (κ3) is 4.51. The van der Waals surface area contributed by atoms with E-state index in [1.807, 2.05) is 33.8 Å². The minimum absolute atomic E-state index is 0.0480. The van der Waals surface area contributed by atoms with Crippen molar-refractivity contribution >= 4 is 11.9 Å². The van der Waals surface area contributed by atoms with Crippen LogP contribution in [0.1, 0.15) is 65.7 Å². The highest BCUT2D eigenvalue weighted by atomic mass is 16.5. The summed E-state index contributed by atoms with van der Waals surface area (Å²) in [5.74, 6) is 0.640. The average molecular weight is 439 g/mol. The number of esters is 2. The predicted octanol–water partition coefficient (Wildman–Crippen LogP) is 4.24. The smallest absolute Gasteiger partial charge is 0.343 e. The Morgan fingerprint density at radius 3 is 2.59 bits per heavy atom. The van der Waals surface area contributed by atoms with Crippen LogP contribution in [0.4, 0.5) is 0 Å². The molecule has 1 N–H and O–H groups in total. The summed E-state index contributed by atoms with van der Waals surface area (Å²) in [5.41, 5.74) is 3.91. The molecule has 170 valence electrons. The van der Waals surface area contributed by atoms with E-state index in [1.54, 1.807) is 24.3 Å². The van der Waals surface area contributed by atoms with Gasteiger partial charge in [0.1, 0.15) is 23.2 Å². The van der Waals surface area contributed by atoms with Crippen LogP contribution in [0.5, 0.6) is 11.5 Å². The van der Waals surface area contributed by atoms with Crippen LogP contribution in [-0.4, -0.2) is 34.9 Å². The maximum Gasteiger partial charge on any atom is 0.343 e. The van der Waals surface area contributed by atoms with E-state index in [-0.39, 0.29) is 24.1 Å². The molecule has 6 heteroatoms. The Balaban J connectivity index is 1.66. The first-order valence-electron chi connectivity index (χ1n) is 11.1. The van der Waals surface area contributed by atoms with Crippen LogP contribution < -0.4 is 9.47 Å². The first-order chi connectivity index (χ1) is 15.1. The molecule has 2 aromatic rings. The number of hydrogen-bond acceptors (Lipinski definition) is 6. The largest absolute Gasteiger partial charge is 0.487 e. The second-order valence-corrected chi connectivity index (χ2v) is 9.40. The normalized spacial score (nSPS) is 21.5. The predicted molar refractivity (Wildman–Crippen MR) is 119 cm³/mol. The molecule has 0 spiro atoms. The molecule has 0 bridgehead atoms. The van der Waals surface area contributed by atoms with Gasteiger partial charge >= 0.3 is 11.9 Å². The number of aliphatic hydroxyl groups is 1. The number of cyclic esters (lactones) is 1. The molecular formula is C26H30O6. The van der Waals surface area contributed by atoms with Gasteiger partial charge in [0.15, 0.2) is 0 Å². The van der Waals surface area contributed by atoms with Crippen molar-refractivity contribution in [3.8, 4) is 11.5 Å². The zero-order chi connectivity index (χ0) is 23.0. The molecule has 1 saturated heterocycles. The summed E-state index contributed by atoms with van der Waals surface area (Å²) in [7, 11) is 0. The Morgan fingerprint density at radius 2 is 1.91 bits per heavy atom. The lowest BCUT2D eigenvalue weighted by atomic mass is 9.90.